The molecule has 1 amide bonds. The molecule has 0 aromatic heterocycles. The molecule has 188 valence electrons. The Labute approximate surface area is 205 Å². The third kappa shape index (κ3) is 6.60. The summed E-state index contributed by atoms with van der Waals surface area (Å²) in [5, 5.41) is 21.1. The number of aliphatic hydroxyl groups is 1. The third-order valence-corrected chi connectivity index (χ3v) is 6.94. The van der Waals surface area contributed by atoms with Gasteiger partial charge in [-0.05, 0) is 36.8 Å². The number of carbonyl (C=O) groups is 2. The van der Waals surface area contributed by atoms with Crippen molar-refractivity contribution >= 4 is 12.1 Å². The quantitative estimate of drug-likeness (QED) is 0.610. The standard InChI is InChI=1S/C19H26N2O3.C8H8O3/c22-18(23-13-15-7-3-1-4-8-15)21-11-16-14-24-19(20-17(16)12-21)9-5-2-6-10-19;9-7(8(10)11)6-4-2-1-3-5-6/h1,3-4,7-8,16-17,20H,2,5-6,9-14H2;1-5,7,9H,(H,10,11)/t16-,17-;7-/m11/s1. The molecule has 1 aliphatic carbocycles. The predicted molar refractivity (Wildman–Crippen MR) is 129 cm³/mol. The zero-order valence-electron chi connectivity index (χ0n) is 19.8. The topological polar surface area (TPSA) is 108 Å². The Hall–Kier alpha value is -2.94. The average Bonchev–Trinajstić information content (AvgIpc) is 3.32. The van der Waals surface area contributed by atoms with Gasteiger partial charge in [0, 0.05) is 25.0 Å². The van der Waals surface area contributed by atoms with Gasteiger partial charge < -0.3 is 24.6 Å². The van der Waals surface area contributed by atoms with Crippen LogP contribution >= 0.6 is 0 Å². The molecule has 35 heavy (non-hydrogen) atoms. The fraction of sp³-hybridized carbons (Fsp3) is 0.481. The molecule has 8 heteroatoms. The van der Waals surface area contributed by atoms with E-state index in [1.54, 1.807) is 30.3 Å². The van der Waals surface area contributed by atoms with Crippen LogP contribution < -0.4 is 5.32 Å². The fourth-order valence-electron chi connectivity index (χ4n) is 5.00. The molecule has 3 atom stereocenters. The maximum absolute atomic E-state index is 12.4. The number of benzene rings is 2. The normalized spacial score (nSPS) is 23.5. The third-order valence-electron chi connectivity index (χ3n) is 6.94. The zero-order valence-corrected chi connectivity index (χ0v) is 19.8. The van der Waals surface area contributed by atoms with Crippen molar-refractivity contribution in [3.63, 3.8) is 0 Å². The number of fused-ring (bicyclic) bond motifs is 1. The average molecular weight is 483 g/mol. The van der Waals surface area contributed by atoms with E-state index in [9.17, 15) is 9.59 Å². The number of rotatable bonds is 4. The number of hydrogen-bond donors (Lipinski definition) is 3. The molecule has 2 aromatic carbocycles. The van der Waals surface area contributed by atoms with Gasteiger partial charge in [0.2, 0.25) is 0 Å². The van der Waals surface area contributed by atoms with E-state index in [4.69, 9.17) is 19.7 Å². The maximum atomic E-state index is 12.4. The molecule has 3 aliphatic rings. The second-order valence-electron chi connectivity index (χ2n) is 9.47. The summed E-state index contributed by atoms with van der Waals surface area (Å²) in [6.45, 7) is 2.53. The Morgan fingerprint density at radius 1 is 1.03 bits per heavy atom. The fourth-order valence-corrected chi connectivity index (χ4v) is 5.00. The van der Waals surface area contributed by atoms with Crippen LogP contribution in [0.3, 0.4) is 0 Å². The first-order valence-electron chi connectivity index (χ1n) is 12.3. The smallest absolute Gasteiger partial charge is 0.410 e. The van der Waals surface area contributed by atoms with Crippen molar-refractivity contribution in [2.45, 2.75) is 56.6 Å². The van der Waals surface area contributed by atoms with Crippen LogP contribution in [0, 0.1) is 5.92 Å². The second-order valence-corrected chi connectivity index (χ2v) is 9.47. The molecule has 2 aliphatic heterocycles. The van der Waals surface area contributed by atoms with Gasteiger partial charge in [-0.25, -0.2) is 9.59 Å². The molecule has 2 saturated heterocycles. The summed E-state index contributed by atoms with van der Waals surface area (Å²) in [6.07, 6.45) is 4.33. The van der Waals surface area contributed by atoms with Crippen LogP contribution in [0.2, 0.25) is 0 Å². The summed E-state index contributed by atoms with van der Waals surface area (Å²) in [5.41, 5.74) is 1.29. The van der Waals surface area contributed by atoms with Gasteiger partial charge >= 0.3 is 12.1 Å². The lowest BCUT2D eigenvalue weighted by molar-refractivity contribution is -0.147. The lowest BCUT2D eigenvalue weighted by Crippen LogP contribution is -2.60. The van der Waals surface area contributed by atoms with E-state index in [2.05, 4.69) is 5.32 Å². The highest BCUT2D eigenvalue weighted by Gasteiger charge is 2.46. The van der Waals surface area contributed by atoms with E-state index in [0.29, 0.717) is 24.1 Å². The minimum atomic E-state index is -1.41. The van der Waals surface area contributed by atoms with E-state index in [-0.39, 0.29) is 11.8 Å². The monoisotopic (exact) mass is 482 g/mol. The Morgan fingerprint density at radius 2 is 1.69 bits per heavy atom. The van der Waals surface area contributed by atoms with Gasteiger partial charge in [-0.15, -0.1) is 0 Å². The molecule has 2 aromatic rings. The number of nitrogens with zero attached hydrogens (tertiary/aromatic N) is 1. The van der Waals surface area contributed by atoms with Crippen molar-refractivity contribution in [3.05, 3.63) is 71.8 Å². The first kappa shape index (κ1) is 25.2. The van der Waals surface area contributed by atoms with Crippen LogP contribution in [0.25, 0.3) is 0 Å². The number of carboxylic acids is 1. The Kier molecular flexibility index (Phi) is 8.38. The van der Waals surface area contributed by atoms with E-state index in [1.807, 2.05) is 35.2 Å². The van der Waals surface area contributed by atoms with Crippen LogP contribution in [0.15, 0.2) is 60.7 Å². The van der Waals surface area contributed by atoms with Crippen molar-refractivity contribution in [2.75, 3.05) is 19.7 Å². The van der Waals surface area contributed by atoms with E-state index in [1.165, 1.54) is 19.3 Å². The summed E-state index contributed by atoms with van der Waals surface area (Å²) in [6, 6.07) is 18.4. The van der Waals surface area contributed by atoms with Gasteiger partial charge in [0.05, 0.1) is 6.61 Å². The predicted octanol–water partition coefficient (Wildman–Crippen LogP) is 3.71. The van der Waals surface area contributed by atoms with E-state index < -0.39 is 12.1 Å². The molecule has 1 spiro atoms. The Bertz CT molecular complexity index is 964. The molecular formula is C27H34N2O6. The van der Waals surface area contributed by atoms with Crippen molar-refractivity contribution < 1.29 is 29.3 Å². The van der Waals surface area contributed by atoms with Crippen LogP contribution in [-0.2, 0) is 20.9 Å². The van der Waals surface area contributed by atoms with Crippen LogP contribution in [0.1, 0.15) is 49.3 Å². The highest BCUT2D eigenvalue weighted by molar-refractivity contribution is 5.73. The number of amides is 1. The van der Waals surface area contributed by atoms with Crippen LogP contribution in [0.5, 0.6) is 0 Å². The zero-order chi connectivity index (χ0) is 24.7. The first-order chi connectivity index (χ1) is 17.0. The minimum Gasteiger partial charge on any atom is -0.479 e. The largest absolute Gasteiger partial charge is 0.479 e. The van der Waals surface area contributed by atoms with E-state index >= 15 is 0 Å². The van der Waals surface area contributed by atoms with Gasteiger partial charge in [-0.3, -0.25) is 5.32 Å². The highest BCUT2D eigenvalue weighted by Crippen LogP contribution is 2.36. The van der Waals surface area contributed by atoms with Crippen molar-refractivity contribution in [1.29, 1.82) is 0 Å². The van der Waals surface area contributed by atoms with Gasteiger partial charge in [0.1, 0.15) is 12.3 Å². The van der Waals surface area contributed by atoms with Gasteiger partial charge in [0.25, 0.3) is 0 Å². The Balaban J connectivity index is 0.000000221. The molecule has 5 rings (SSSR count). The number of carboxylic acid groups (broad SMARTS) is 1. The second kappa shape index (κ2) is 11.7. The molecule has 1 saturated carbocycles. The molecule has 8 nitrogen and oxygen atoms in total. The number of ether oxygens (including phenoxy) is 2. The lowest BCUT2D eigenvalue weighted by Gasteiger charge is -2.45. The minimum absolute atomic E-state index is 0.136. The summed E-state index contributed by atoms with van der Waals surface area (Å²) < 4.78 is 11.7. The Morgan fingerprint density at radius 3 is 2.34 bits per heavy atom. The number of likely N-dealkylation sites (tertiary alicyclic amines) is 1. The molecule has 0 unspecified atom stereocenters. The molecule has 3 fully saturated rings. The number of aliphatic hydroxyl groups excluding tert-OH is 1. The number of carbonyl (C=O) groups excluding carboxylic acids is 1. The number of hydrogen-bond acceptors (Lipinski definition) is 6. The molecule has 0 bridgehead atoms. The summed E-state index contributed by atoms with van der Waals surface area (Å²) >= 11 is 0. The summed E-state index contributed by atoms with van der Waals surface area (Å²) in [4.78, 5) is 24.4. The SMILES string of the molecule is O=C(O)[C@H](O)c1ccccc1.O=C(OCc1ccccc1)N1C[C@@H]2COC3(CCCCC3)N[C@@H]2C1. The van der Waals surface area contributed by atoms with Gasteiger partial charge in [0.15, 0.2) is 6.10 Å². The number of aliphatic carboxylic acids is 1. The van der Waals surface area contributed by atoms with Crippen molar-refractivity contribution in [1.82, 2.24) is 10.2 Å². The first-order valence-corrected chi connectivity index (χ1v) is 12.3. The highest BCUT2D eigenvalue weighted by atomic mass is 16.6. The van der Waals surface area contributed by atoms with Gasteiger partial charge in [-0.1, -0.05) is 67.1 Å². The summed E-state index contributed by atoms with van der Waals surface area (Å²) in [5.74, 6) is -0.849. The maximum Gasteiger partial charge on any atom is 0.410 e. The molecule has 2 heterocycles. The molecule has 3 N–H and O–H groups in total. The van der Waals surface area contributed by atoms with Crippen LogP contribution in [0.4, 0.5) is 4.79 Å². The van der Waals surface area contributed by atoms with Crippen molar-refractivity contribution in [3.8, 4) is 0 Å². The molecular weight excluding hydrogens is 448 g/mol. The van der Waals surface area contributed by atoms with E-state index in [0.717, 1.165) is 38.1 Å². The molecule has 0 radical (unpaired) electrons. The summed E-state index contributed by atoms with van der Waals surface area (Å²) in [7, 11) is 0. The van der Waals surface area contributed by atoms with Crippen LogP contribution in [-0.4, -0.2) is 58.6 Å². The number of nitrogens with one attached hydrogen (secondary N) is 1. The lowest BCUT2D eigenvalue weighted by atomic mass is 9.88. The van der Waals surface area contributed by atoms with Crippen molar-refractivity contribution in [2.24, 2.45) is 5.92 Å². The van der Waals surface area contributed by atoms with Gasteiger partial charge in [-0.2, -0.15) is 0 Å².